The minimum atomic E-state index is -0.268. The molecule has 0 unspecified atom stereocenters. The van der Waals surface area contributed by atoms with E-state index in [0.717, 1.165) is 24.2 Å². The molecule has 132 valence electrons. The molecule has 0 atom stereocenters. The summed E-state index contributed by atoms with van der Waals surface area (Å²) in [4.78, 5) is 4.36. The van der Waals surface area contributed by atoms with E-state index in [1.54, 1.807) is 18.3 Å². The fourth-order valence-electron chi connectivity index (χ4n) is 2.87. The predicted octanol–water partition coefficient (Wildman–Crippen LogP) is 3.20. The third-order valence-corrected chi connectivity index (χ3v) is 4.26. The molecule has 0 bridgehead atoms. The SMILES string of the molecule is CCCn1ncc(-c2cc(-c3ccc(O)c(O)c3)c(C#N)c(N)n2)c1C. The second kappa shape index (κ2) is 6.76. The number of nitrogens with two attached hydrogens (primary N) is 1. The van der Waals surface area contributed by atoms with E-state index in [1.807, 2.05) is 11.6 Å². The third-order valence-electron chi connectivity index (χ3n) is 4.26. The van der Waals surface area contributed by atoms with Gasteiger partial charge in [-0.25, -0.2) is 4.98 Å². The quantitative estimate of drug-likeness (QED) is 0.622. The van der Waals surface area contributed by atoms with Crippen molar-refractivity contribution in [2.45, 2.75) is 26.8 Å². The molecule has 0 radical (unpaired) electrons. The topological polar surface area (TPSA) is 121 Å². The van der Waals surface area contributed by atoms with Crippen LogP contribution in [0.2, 0.25) is 0 Å². The molecule has 0 fully saturated rings. The molecule has 0 aliphatic heterocycles. The zero-order chi connectivity index (χ0) is 18.8. The number of aryl methyl sites for hydroxylation is 1. The number of nitrogen functional groups attached to an aromatic ring is 1. The number of aromatic hydroxyl groups is 2. The Morgan fingerprint density at radius 3 is 2.62 bits per heavy atom. The Bertz CT molecular complexity index is 1020. The van der Waals surface area contributed by atoms with Crippen LogP contribution in [-0.4, -0.2) is 25.0 Å². The van der Waals surface area contributed by atoms with Gasteiger partial charge in [0.15, 0.2) is 11.5 Å². The van der Waals surface area contributed by atoms with E-state index < -0.39 is 0 Å². The lowest BCUT2D eigenvalue weighted by Gasteiger charge is -2.11. The van der Waals surface area contributed by atoms with Crippen LogP contribution in [0.5, 0.6) is 11.5 Å². The van der Waals surface area contributed by atoms with Crippen molar-refractivity contribution in [3.63, 3.8) is 0 Å². The molecule has 0 amide bonds. The minimum absolute atomic E-state index is 0.107. The number of anilines is 1. The van der Waals surface area contributed by atoms with Crippen molar-refractivity contribution < 1.29 is 10.2 Å². The Balaban J connectivity index is 2.20. The van der Waals surface area contributed by atoms with Gasteiger partial charge in [-0.2, -0.15) is 10.4 Å². The van der Waals surface area contributed by atoms with Crippen LogP contribution in [-0.2, 0) is 6.54 Å². The van der Waals surface area contributed by atoms with Crippen molar-refractivity contribution in [2.75, 3.05) is 5.73 Å². The van der Waals surface area contributed by atoms with Crippen LogP contribution >= 0.6 is 0 Å². The lowest BCUT2D eigenvalue weighted by atomic mass is 9.98. The Labute approximate surface area is 151 Å². The van der Waals surface area contributed by atoms with Gasteiger partial charge in [0.1, 0.15) is 17.5 Å². The first-order valence-electron chi connectivity index (χ1n) is 8.22. The molecule has 7 nitrogen and oxygen atoms in total. The summed E-state index contributed by atoms with van der Waals surface area (Å²) in [5, 5.41) is 33.2. The second-order valence-corrected chi connectivity index (χ2v) is 6.00. The number of hydrogen-bond donors (Lipinski definition) is 3. The van der Waals surface area contributed by atoms with E-state index in [-0.39, 0.29) is 22.9 Å². The summed E-state index contributed by atoms with van der Waals surface area (Å²) in [5.74, 6) is -0.392. The molecule has 4 N–H and O–H groups in total. The molecule has 2 aromatic heterocycles. The molecular weight excluding hydrogens is 330 g/mol. The molecule has 26 heavy (non-hydrogen) atoms. The van der Waals surface area contributed by atoms with Gasteiger partial charge in [0.2, 0.25) is 0 Å². The van der Waals surface area contributed by atoms with E-state index in [2.05, 4.69) is 23.1 Å². The van der Waals surface area contributed by atoms with E-state index in [1.165, 1.54) is 12.1 Å². The summed E-state index contributed by atoms with van der Waals surface area (Å²) < 4.78 is 1.90. The van der Waals surface area contributed by atoms with Gasteiger partial charge in [0, 0.05) is 23.4 Å². The smallest absolute Gasteiger partial charge is 0.158 e. The zero-order valence-corrected chi connectivity index (χ0v) is 14.6. The Morgan fingerprint density at radius 2 is 1.96 bits per heavy atom. The summed E-state index contributed by atoms with van der Waals surface area (Å²) in [6.07, 6.45) is 2.69. The van der Waals surface area contributed by atoms with Crippen LogP contribution in [0.3, 0.4) is 0 Å². The standard InChI is InChI=1S/C19H19N5O2/c1-3-6-24-11(2)15(10-22-24)16-8-13(14(9-20)19(21)23-16)12-4-5-17(25)18(26)7-12/h4-5,7-8,10,25-26H,3,6H2,1-2H3,(H2,21,23). The summed E-state index contributed by atoms with van der Waals surface area (Å²) in [7, 11) is 0. The van der Waals surface area contributed by atoms with Gasteiger partial charge >= 0.3 is 0 Å². The van der Waals surface area contributed by atoms with Crippen LogP contribution < -0.4 is 5.73 Å². The number of aromatic nitrogens is 3. The Kier molecular flexibility index (Phi) is 4.50. The highest BCUT2D eigenvalue weighted by Crippen LogP contribution is 2.36. The summed E-state index contributed by atoms with van der Waals surface area (Å²) in [6.45, 7) is 4.84. The second-order valence-electron chi connectivity index (χ2n) is 6.00. The Morgan fingerprint density at radius 1 is 1.19 bits per heavy atom. The van der Waals surface area contributed by atoms with Gasteiger partial charge in [-0.3, -0.25) is 4.68 Å². The van der Waals surface area contributed by atoms with Gasteiger partial charge in [-0.15, -0.1) is 0 Å². The summed E-state index contributed by atoms with van der Waals surface area (Å²) in [6, 6.07) is 8.19. The molecule has 7 heteroatoms. The van der Waals surface area contributed by atoms with Crippen LogP contribution in [0, 0.1) is 18.3 Å². The first-order valence-corrected chi connectivity index (χ1v) is 8.22. The molecule has 3 aromatic rings. The number of nitriles is 1. The molecule has 0 saturated heterocycles. The van der Waals surface area contributed by atoms with Crippen molar-refractivity contribution in [3.8, 4) is 40.0 Å². The minimum Gasteiger partial charge on any atom is -0.504 e. The van der Waals surface area contributed by atoms with Crippen molar-refractivity contribution in [3.05, 3.63) is 41.7 Å². The molecule has 0 spiro atoms. The molecule has 0 aliphatic rings. The number of nitrogens with zero attached hydrogens (tertiary/aromatic N) is 4. The largest absolute Gasteiger partial charge is 0.504 e. The number of benzene rings is 1. The van der Waals surface area contributed by atoms with Crippen LogP contribution in [0.15, 0.2) is 30.5 Å². The average molecular weight is 349 g/mol. The maximum absolute atomic E-state index is 9.79. The lowest BCUT2D eigenvalue weighted by Crippen LogP contribution is -2.02. The first kappa shape index (κ1) is 17.3. The summed E-state index contributed by atoms with van der Waals surface area (Å²) in [5.41, 5.74) is 9.73. The molecule has 0 aliphatic carbocycles. The van der Waals surface area contributed by atoms with Crippen LogP contribution in [0.25, 0.3) is 22.4 Å². The maximum atomic E-state index is 9.79. The highest BCUT2D eigenvalue weighted by Gasteiger charge is 2.17. The van der Waals surface area contributed by atoms with Crippen LogP contribution in [0.1, 0.15) is 24.6 Å². The van der Waals surface area contributed by atoms with Crippen molar-refractivity contribution in [1.29, 1.82) is 5.26 Å². The van der Waals surface area contributed by atoms with Gasteiger partial charge in [0.05, 0.1) is 11.9 Å². The van der Waals surface area contributed by atoms with Crippen molar-refractivity contribution in [2.24, 2.45) is 0 Å². The summed E-state index contributed by atoms with van der Waals surface area (Å²) >= 11 is 0. The fraction of sp³-hybridized carbons (Fsp3) is 0.211. The van der Waals surface area contributed by atoms with Gasteiger partial charge in [0.25, 0.3) is 0 Å². The van der Waals surface area contributed by atoms with Crippen molar-refractivity contribution >= 4 is 5.82 Å². The van der Waals surface area contributed by atoms with Crippen molar-refractivity contribution in [1.82, 2.24) is 14.8 Å². The molecule has 0 saturated carbocycles. The zero-order valence-electron chi connectivity index (χ0n) is 14.6. The molecule has 1 aromatic carbocycles. The number of phenolic OH excluding ortho intramolecular Hbond substituents is 2. The van der Waals surface area contributed by atoms with E-state index in [0.29, 0.717) is 16.8 Å². The van der Waals surface area contributed by atoms with E-state index in [9.17, 15) is 15.5 Å². The average Bonchev–Trinajstić information content (AvgIpc) is 2.98. The van der Waals surface area contributed by atoms with E-state index >= 15 is 0 Å². The molecular formula is C19H19N5O2. The number of phenols is 2. The normalized spacial score (nSPS) is 10.7. The number of hydrogen-bond acceptors (Lipinski definition) is 6. The monoisotopic (exact) mass is 349 g/mol. The van der Waals surface area contributed by atoms with E-state index in [4.69, 9.17) is 5.73 Å². The van der Waals surface area contributed by atoms with Gasteiger partial charge in [-0.05, 0) is 37.1 Å². The maximum Gasteiger partial charge on any atom is 0.158 e. The number of pyridine rings is 1. The highest BCUT2D eigenvalue weighted by molar-refractivity contribution is 5.81. The first-order chi connectivity index (χ1) is 12.5. The highest BCUT2D eigenvalue weighted by atomic mass is 16.3. The third kappa shape index (κ3) is 2.93. The van der Waals surface area contributed by atoms with Gasteiger partial charge < -0.3 is 15.9 Å². The number of rotatable bonds is 4. The van der Waals surface area contributed by atoms with Gasteiger partial charge in [-0.1, -0.05) is 13.0 Å². The Hall–Kier alpha value is -3.53. The fourth-order valence-corrected chi connectivity index (χ4v) is 2.87. The molecule has 2 heterocycles. The predicted molar refractivity (Wildman–Crippen MR) is 98.4 cm³/mol. The molecule has 3 rings (SSSR count). The van der Waals surface area contributed by atoms with Crippen LogP contribution in [0.4, 0.5) is 5.82 Å². The lowest BCUT2D eigenvalue weighted by molar-refractivity contribution is 0.404.